The minimum Gasteiger partial charge on any atom is -0.311 e. The van der Waals surface area contributed by atoms with Crippen LogP contribution in [0.3, 0.4) is 0 Å². The molecule has 18 heavy (non-hydrogen) atoms. The van der Waals surface area contributed by atoms with Gasteiger partial charge in [0.1, 0.15) is 0 Å². The Morgan fingerprint density at radius 1 is 1.33 bits per heavy atom. The summed E-state index contributed by atoms with van der Waals surface area (Å²) < 4.78 is 2.26. The fourth-order valence-corrected chi connectivity index (χ4v) is 3.08. The molecule has 0 aliphatic heterocycles. The van der Waals surface area contributed by atoms with Crippen LogP contribution >= 0.6 is 11.3 Å². The van der Waals surface area contributed by atoms with Crippen molar-refractivity contribution in [2.45, 2.75) is 26.3 Å². The van der Waals surface area contributed by atoms with Gasteiger partial charge in [0.25, 0.3) is 0 Å². The summed E-state index contributed by atoms with van der Waals surface area (Å²) in [6, 6.07) is 8.32. The zero-order chi connectivity index (χ0) is 12.4. The number of thiazole rings is 1. The Balaban J connectivity index is 1.92. The van der Waals surface area contributed by atoms with E-state index in [0.717, 1.165) is 23.6 Å². The van der Waals surface area contributed by atoms with E-state index >= 15 is 0 Å². The first-order chi connectivity index (χ1) is 8.90. The molecule has 0 saturated carbocycles. The van der Waals surface area contributed by atoms with Crippen LogP contribution in [0.15, 0.2) is 29.6 Å². The van der Waals surface area contributed by atoms with Gasteiger partial charge in [0.2, 0.25) is 0 Å². The molecular formula is C14H17N3S. The van der Waals surface area contributed by atoms with Gasteiger partial charge in [-0.1, -0.05) is 25.5 Å². The summed E-state index contributed by atoms with van der Waals surface area (Å²) in [7, 11) is 0. The van der Waals surface area contributed by atoms with Crippen LogP contribution in [0.5, 0.6) is 0 Å². The number of hydrogen-bond donors (Lipinski definition) is 1. The van der Waals surface area contributed by atoms with Crippen molar-refractivity contribution in [2.75, 3.05) is 6.54 Å². The Morgan fingerprint density at radius 3 is 3.11 bits per heavy atom. The number of unbranched alkanes of at least 4 members (excludes halogenated alkanes) is 1. The average molecular weight is 259 g/mol. The van der Waals surface area contributed by atoms with Crippen molar-refractivity contribution in [1.82, 2.24) is 14.7 Å². The maximum absolute atomic E-state index is 4.63. The van der Waals surface area contributed by atoms with Crippen LogP contribution < -0.4 is 5.32 Å². The molecule has 4 heteroatoms. The van der Waals surface area contributed by atoms with Crippen LogP contribution in [0.2, 0.25) is 0 Å². The van der Waals surface area contributed by atoms with Crippen LogP contribution in [-0.4, -0.2) is 15.9 Å². The van der Waals surface area contributed by atoms with E-state index < -0.39 is 0 Å². The van der Waals surface area contributed by atoms with Gasteiger partial charge in [0.15, 0.2) is 4.96 Å². The summed E-state index contributed by atoms with van der Waals surface area (Å²) in [6.45, 7) is 4.22. The first kappa shape index (κ1) is 11.7. The second-order valence-corrected chi connectivity index (χ2v) is 5.31. The number of aromatic nitrogens is 2. The van der Waals surface area contributed by atoms with Crippen molar-refractivity contribution < 1.29 is 0 Å². The minimum atomic E-state index is 0.917. The second-order valence-electron chi connectivity index (χ2n) is 4.48. The van der Waals surface area contributed by atoms with Crippen molar-refractivity contribution >= 4 is 27.3 Å². The molecule has 0 bridgehead atoms. The van der Waals surface area contributed by atoms with Crippen LogP contribution in [0.1, 0.15) is 25.5 Å². The number of hydrogen-bond acceptors (Lipinski definition) is 3. The highest BCUT2D eigenvalue weighted by Crippen LogP contribution is 2.23. The fraction of sp³-hybridized carbons (Fsp3) is 0.357. The van der Waals surface area contributed by atoms with Crippen molar-refractivity contribution in [2.24, 2.45) is 0 Å². The molecular weight excluding hydrogens is 242 g/mol. The molecule has 0 saturated heterocycles. The van der Waals surface area contributed by atoms with Gasteiger partial charge in [-0.15, -0.1) is 11.3 Å². The zero-order valence-corrected chi connectivity index (χ0v) is 11.3. The van der Waals surface area contributed by atoms with Gasteiger partial charge in [0.05, 0.1) is 11.0 Å². The summed E-state index contributed by atoms with van der Waals surface area (Å²) in [5.41, 5.74) is 3.60. The smallest absolute Gasteiger partial charge is 0.194 e. The molecule has 0 unspecified atom stereocenters. The highest BCUT2D eigenvalue weighted by Gasteiger charge is 2.09. The SMILES string of the molecule is CCCCNCc1csc2nc3ccccc3n12. The van der Waals surface area contributed by atoms with E-state index in [9.17, 15) is 0 Å². The number of benzene rings is 1. The molecule has 1 aromatic carbocycles. The van der Waals surface area contributed by atoms with E-state index in [-0.39, 0.29) is 0 Å². The van der Waals surface area contributed by atoms with Crippen LogP contribution in [0, 0.1) is 0 Å². The van der Waals surface area contributed by atoms with Gasteiger partial charge in [-0.25, -0.2) is 4.98 Å². The Morgan fingerprint density at radius 2 is 2.22 bits per heavy atom. The molecule has 3 nitrogen and oxygen atoms in total. The molecule has 2 heterocycles. The fourth-order valence-electron chi connectivity index (χ4n) is 2.17. The first-order valence-corrected chi connectivity index (χ1v) is 7.32. The summed E-state index contributed by atoms with van der Waals surface area (Å²) in [5, 5.41) is 5.70. The molecule has 94 valence electrons. The normalized spacial score (nSPS) is 11.6. The third kappa shape index (κ3) is 2.02. The second kappa shape index (κ2) is 5.08. The van der Waals surface area contributed by atoms with Crippen molar-refractivity contribution in [3.63, 3.8) is 0 Å². The van der Waals surface area contributed by atoms with Crippen LogP contribution in [0.4, 0.5) is 0 Å². The van der Waals surface area contributed by atoms with Crippen LogP contribution in [-0.2, 0) is 6.54 Å². The maximum Gasteiger partial charge on any atom is 0.194 e. The molecule has 2 aromatic heterocycles. The Hall–Kier alpha value is -1.39. The highest BCUT2D eigenvalue weighted by molar-refractivity contribution is 7.15. The van der Waals surface area contributed by atoms with E-state index in [0.29, 0.717) is 0 Å². The predicted molar refractivity (Wildman–Crippen MR) is 77.2 cm³/mol. The predicted octanol–water partition coefficient (Wildman–Crippen LogP) is 3.44. The largest absolute Gasteiger partial charge is 0.311 e. The number of fused-ring (bicyclic) bond motifs is 3. The number of nitrogens with zero attached hydrogens (tertiary/aromatic N) is 2. The molecule has 3 rings (SSSR count). The van der Waals surface area contributed by atoms with Crippen LogP contribution in [0.25, 0.3) is 16.0 Å². The highest BCUT2D eigenvalue weighted by atomic mass is 32.1. The van der Waals surface area contributed by atoms with Gasteiger partial charge in [-0.3, -0.25) is 4.40 Å². The van der Waals surface area contributed by atoms with Gasteiger partial charge in [-0.05, 0) is 25.1 Å². The topological polar surface area (TPSA) is 29.3 Å². The van der Waals surface area contributed by atoms with Crippen molar-refractivity contribution in [3.8, 4) is 0 Å². The lowest BCUT2D eigenvalue weighted by atomic mass is 10.3. The number of para-hydroxylation sites is 2. The molecule has 0 amide bonds. The van der Waals surface area contributed by atoms with Gasteiger partial charge in [-0.2, -0.15) is 0 Å². The van der Waals surface area contributed by atoms with E-state index in [1.165, 1.54) is 24.1 Å². The third-order valence-electron chi connectivity index (χ3n) is 3.13. The van der Waals surface area contributed by atoms with E-state index in [1.54, 1.807) is 11.3 Å². The first-order valence-electron chi connectivity index (χ1n) is 6.44. The summed E-state index contributed by atoms with van der Waals surface area (Å²) in [4.78, 5) is 5.72. The average Bonchev–Trinajstić information content (AvgIpc) is 2.94. The molecule has 0 aliphatic carbocycles. The van der Waals surface area contributed by atoms with Crippen molar-refractivity contribution in [1.29, 1.82) is 0 Å². The lowest BCUT2D eigenvalue weighted by molar-refractivity contribution is 0.632. The lowest BCUT2D eigenvalue weighted by Crippen LogP contribution is -2.15. The van der Waals surface area contributed by atoms with Gasteiger partial charge < -0.3 is 5.32 Å². The van der Waals surface area contributed by atoms with Gasteiger partial charge in [0, 0.05) is 17.6 Å². The Kier molecular flexibility index (Phi) is 3.30. The summed E-state index contributed by atoms with van der Waals surface area (Å²) >= 11 is 1.72. The van der Waals surface area contributed by atoms with E-state index in [4.69, 9.17) is 0 Å². The standard InChI is InChI=1S/C14H17N3S/c1-2-3-8-15-9-11-10-18-14-16-12-6-4-5-7-13(12)17(11)14/h4-7,10,15H,2-3,8-9H2,1H3. The molecule has 0 radical (unpaired) electrons. The third-order valence-corrected chi connectivity index (χ3v) is 4.01. The number of nitrogens with one attached hydrogen (secondary N) is 1. The monoisotopic (exact) mass is 259 g/mol. The van der Waals surface area contributed by atoms with E-state index in [1.807, 2.05) is 6.07 Å². The molecule has 0 aliphatic rings. The quantitative estimate of drug-likeness (QED) is 0.711. The van der Waals surface area contributed by atoms with Gasteiger partial charge >= 0.3 is 0 Å². The number of imidazole rings is 1. The van der Waals surface area contributed by atoms with E-state index in [2.05, 4.69) is 45.2 Å². The Bertz CT molecular complexity index is 653. The lowest BCUT2D eigenvalue weighted by Gasteiger charge is -2.03. The molecule has 1 N–H and O–H groups in total. The Labute approximate surface area is 110 Å². The minimum absolute atomic E-state index is 0.917. The molecule has 3 aromatic rings. The summed E-state index contributed by atoms with van der Waals surface area (Å²) in [5.74, 6) is 0. The molecule has 0 spiro atoms. The molecule has 0 fully saturated rings. The zero-order valence-electron chi connectivity index (χ0n) is 10.5. The molecule has 0 atom stereocenters. The maximum atomic E-state index is 4.63. The van der Waals surface area contributed by atoms with Crippen molar-refractivity contribution in [3.05, 3.63) is 35.3 Å². The number of rotatable bonds is 5. The summed E-state index contributed by atoms with van der Waals surface area (Å²) in [6.07, 6.45) is 2.47.